The predicted octanol–water partition coefficient (Wildman–Crippen LogP) is 3.05. The number of hydrogen-bond donors (Lipinski definition) is 1. The van der Waals surface area contributed by atoms with E-state index in [-0.39, 0.29) is 0 Å². The van der Waals surface area contributed by atoms with E-state index in [2.05, 4.69) is 50.7 Å². The molecule has 2 rings (SSSR count). The van der Waals surface area contributed by atoms with Crippen molar-refractivity contribution in [2.45, 2.75) is 25.2 Å². The van der Waals surface area contributed by atoms with Crippen LogP contribution in [0.5, 0.6) is 0 Å². The van der Waals surface area contributed by atoms with E-state index in [0.29, 0.717) is 0 Å². The second kappa shape index (κ2) is 4.42. The average molecular weight is 287 g/mol. The Morgan fingerprint density at radius 3 is 3.08 bits per heavy atom. The number of nitrogens with one attached hydrogen (secondary N) is 1. The van der Waals surface area contributed by atoms with Crippen molar-refractivity contribution in [1.29, 1.82) is 0 Å². The lowest BCUT2D eigenvalue weighted by Crippen LogP contribution is -2.18. The van der Waals surface area contributed by atoms with Crippen molar-refractivity contribution in [2.24, 2.45) is 0 Å². The van der Waals surface area contributed by atoms with Crippen LogP contribution < -0.4 is 3.53 Å². The van der Waals surface area contributed by atoms with E-state index in [0.717, 1.165) is 12.5 Å². The third-order valence-corrected chi connectivity index (χ3v) is 3.26. The summed E-state index contributed by atoms with van der Waals surface area (Å²) in [5.41, 5.74) is 3.13. The predicted molar refractivity (Wildman–Crippen MR) is 64.1 cm³/mol. The zero-order valence-corrected chi connectivity index (χ0v) is 9.75. The highest BCUT2D eigenvalue weighted by molar-refractivity contribution is 14.1. The number of rotatable bonds is 2. The van der Waals surface area contributed by atoms with Gasteiger partial charge in [0.1, 0.15) is 0 Å². The van der Waals surface area contributed by atoms with Gasteiger partial charge >= 0.3 is 0 Å². The summed E-state index contributed by atoms with van der Waals surface area (Å²) < 4.78 is 3.25. The molecule has 0 amide bonds. The van der Waals surface area contributed by atoms with Crippen molar-refractivity contribution in [2.75, 3.05) is 6.54 Å². The molecule has 0 heterocycles. The molecule has 0 saturated heterocycles. The first-order chi connectivity index (χ1) is 6.42. The van der Waals surface area contributed by atoms with Crippen LogP contribution in [0, 0.1) is 0 Å². The van der Waals surface area contributed by atoms with Crippen LogP contribution in [0.2, 0.25) is 0 Å². The van der Waals surface area contributed by atoms with Crippen LogP contribution in [0.25, 0.3) is 0 Å². The van der Waals surface area contributed by atoms with Crippen LogP contribution >= 0.6 is 22.9 Å². The third kappa shape index (κ3) is 2.05. The van der Waals surface area contributed by atoms with E-state index < -0.39 is 0 Å². The fourth-order valence-corrected chi connectivity index (χ4v) is 2.69. The fraction of sp³-hybridized carbons (Fsp3) is 0.455. The van der Waals surface area contributed by atoms with Gasteiger partial charge in [-0.2, -0.15) is 0 Å². The molecule has 0 bridgehead atoms. The van der Waals surface area contributed by atoms with Gasteiger partial charge in [0.05, 0.1) is 0 Å². The van der Waals surface area contributed by atoms with Gasteiger partial charge in [-0.25, -0.2) is 0 Å². The average Bonchev–Trinajstić information content (AvgIpc) is 2.19. The zero-order chi connectivity index (χ0) is 9.10. The van der Waals surface area contributed by atoms with Crippen LogP contribution in [-0.2, 0) is 6.42 Å². The number of hydrogen-bond acceptors (Lipinski definition) is 1. The Bertz CT molecular complexity index is 285. The van der Waals surface area contributed by atoms with Crippen molar-refractivity contribution >= 4 is 22.9 Å². The molecule has 0 saturated carbocycles. The standard InChI is InChI=1S/C11H14IN/c12-13-8-10-6-3-5-9-4-1-2-7-11(9)10/h1-2,4,7,10,13H,3,5-6,8H2/t10-/m0/s1. The van der Waals surface area contributed by atoms with Gasteiger partial charge in [0, 0.05) is 29.4 Å². The topological polar surface area (TPSA) is 12.0 Å². The Morgan fingerprint density at radius 2 is 2.23 bits per heavy atom. The molecular formula is C11H14IN. The summed E-state index contributed by atoms with van der Waals surface area (Å²) in [5.74, 6) is 0.738. The van der Waals surface area contributed by atoms with Crippen molar-refractivity contribution in [3.63, 3.8) is 0 Å². The molecule has 1 nitrogen and oxygen atoms in total. The molecule has 0 aliphatic heterocycles. The van der Waals surface area contributed by atoms with Gasteiger partial charge in [0.25, 0.3) is 0 Å². The van der Waals surface area contributed by atoms with Crippen LogP contribution in [0.1, 0.15) is 29.9 Å². The van der Waals surface area contributed by atoms with Gasteiger partial charge in [-0.3, -0.25) is 3.53 Å². The minimum absolute atomic E-state index is 0.738. The first-order valence-corrected chi connectivity index (χ1v) is 5.91. The lowest BCUT2D eigenvalue weighted by atomic mass is 9.83. The molecule has 0 aromatic heterocycles. The lowest BCUT2D eigenvalue weighted by molar-refractivity contribution is 0.554. The molecule has 1 aliphatic carbocycles. The molecule has 13 heavy (non-hydrogen) atoms. The van der Waals surface area contributed by atoms with E-state index in [9.17, 15) is 0 Å². The molecule has 1 aromatic carbocycles. The van der Waals surface area contributed by atoms with Gasteiger partial charge in [0.2, 0.25) is 0 Å². The Labute approximate surface area is 93.4 Å². The van der Waals surface area contributed by atoms with E-state index in [1.165, 1.54) is 19.3 Å². The highest BCUT2D eigenvalue weighted by atomic mass is 127. The van der Waals surface area contributed by atoms with Crippen LogP contribution in [0.4, 0.5) is 0 Å². The molecule has 0 radical (unpaired) electrons. The summed E-state index contributed by atoms with van der Waals surface area (Å²) in [4.78, 5) is 0. The normalized spacial score (nSPS) is 21.2. The number of benzene rings is 1. The fourth-order valence-electron chi connectivity index (χ4n) is 2.16. The Morgan fingerprint density at radius 1 is 1.38 bits per heavy atom. The summed E-state index contributed by atoms with van der Waals surface area (Å²) in [5, 5.41) is 0. The second-order valence-corrected chi connectivity index (χ2v) is 4.39. The highest BCUT2D eigenvalue weighted by Gasteiger charge is 2.18. The van der Waals surface area contributed by atoms with Gasteiger partial charge in [0.15, 0.2) is 0 Å². The quantitative estimate of drug-likeness (QED) is 0.651. The summed E-state index contributed by atoms with van der Waals surface area (Å²) >= 11 is 2.24. The molecule has 1 N–H and O–H groups in total. The molecule has 0 spiro atoms. The molecular weight excluding hydrogens is 273 g/mol. The first-order valence-electron chi connectivity index (χ1n) is 4.83. The monoisotopic (exact) mass is 287 g/mol. The minimum atomic E-state index is 0.738. The Hall–Kier alpha value is -0.0900. The van der Waals surface area contributed by atoms with E-state index in [1.807, 2.05) is 0 Å². The maximum Gasteiger partial charge on any atom is 0.0169 e. The number of halogens is 1. The largest absolute Gasteiger partial charge is 0.260 e. The van der Waals surface area contributed by atoms with Crippen molar-refractivity contribution in [1.82, 2.24) is 3.53 Å². The van der Waals surface area contributed by atoms with E-state index in [4.69, 9.17) is 0 Å². The van der Waals surface area contributed by atoms with E-state index >= 15 is 0 Å². The first kappa shape index (κ1) is 9.46. The van der Waals surface area contributed by atoms with Crippen molar-refractivity contribution in [3.05, 3.63) is 35.4 Å². The summed E-state index contributed by atoms with van der Waals surface area (Å²) in [6.07, 6.45) is 3.96. The van der Waals surface area contributed by atoms with Gasteiger partial charge < -0.3 is 0 Å². The van der Waals surface area contributed by atoms with Crippen LogP contribution in [0.15, 0.2) is 24.3 Å². The van der Waals surface area contributed by atoms with Crippen LogP contribution in [-0.4, -0.2) is 6.54 Å². The third-order valence-electron chi connectivity index (χ3n) is 2.82. The molecule has 1 atom stereocenters. The zero-order valence-electron chi connectivity index (χ0n) is 7.59. The van der Waals surface area contributed by atoms with Crippen molar-refractivity contribution in [3.8, 4) is 0 Å². The van der Waals surface area contributed by atoms with Gasteiger partial charge in [-0.05, 0) is 36.3 Å². The SMILES string of the molecule is INC[C@@H]1CCCc2ccccc21. The summed E-state index contributed by atoms with van der Waals surface area (Å²) in [6, 6.07) is 8.87. The van der Waals surface area contributed by atoms with Gasteiger partial charge in [-0.15, -0.1) is 0 Å². The molecule has 2 heteroatoms. The Kier molecular flexibility index (Phi) is 3.22. The lowest BCUT2D eigenvalue weighted by Gasteiger charge is -2.24. The molecule has 1 aliphatic rings. The number of fused-ring (bicyclic) bond motifs is 1. The maximum atomic E-state index is 3.25. The molecule has 1 aromatic rings. The molecule has 70 valence electrons. The van der Waals surface area contributed by atoms with Crippen LogP contribution in [0.3, 0.4) is 0 Å². The van der Waals surface area contributed by atoms with E-state index in [1.54, 1.807) is 11.1 Å². The maximum absolute atomic E-state index is 3.25. The number of aryl methyl sites for hydroxylation is 1. The van der Waals surface area contributed by atoms with Crippen molar-refractivity contribution < 1.29 is 0 Å². The summed E-state index contributed by atoms with van der Waals surface area (Å²) in [6.45, 7) is 1.11. The summed E-state index contributed by atoms with van der Waals surface area (Å²) in [7, 11) is 0. The minimum Gasteiger partial charge on any atom is -0.260 e. The highest BCUT2D eigenvalue weighted by Crippen LogP contribution is 2.30. The molecule has 0 fully saturated rings. The second-order valence-electron chi connectivity index (χ2n) is 3.63. The molecule has 0 unspecified atom stereocenters. The Balaban J connectivity index is 2.26. The van der Waals surface area contributed by atoms with Gasteiger partial charge in [-0.1, -0.05) is 24.3 Å². The smallest absolute Gasteiger partial charge is 0.0169 e.